The Balaban J connectivity index is 3.35. The van der Waals surface area contributed by atoms with Crippen molar-refractivity contribution in [3.8, 4) is 0 Å². The molecule has 0 aliphatic carbocycles. The third-order valence-electron chi connectivity index (χ3n) is 1.43. The molecule has 0 radical (unpaired) electrons. The van der Waals surface area contributed by atoms with Crippen molar-refractivity contribution in [3.63, 3.8) is 0 Å². The number of nitrogens with two attached hydrogens (primary N) is 1. The van der Waals surface area contributed by atoms with Crippen molar-refractivity contribution in [1.29, 1.82) is 0 Å². The van der Waals surface area contributed by atoms with Crippen LogP contribution in [0.25, 0.3) is 0 Å². The fraction of sp³-hybridized carbons (Fsp3) is 0. The first-order chi connectivity index (χ1) is 6.02. The van der Waals surface area contributed by atoms with Crippen LogP contribution in [0.1, 0.15) is 10.4 Å². The van der Waals surface area contributed by atoms with Gasteiger partial charge in [-0.2, -0.15) is 0 Å². The molecule has 13 heavy (non-hydrogen) atoms. The quantitative estimate of drug-likeness (QED) is 0.340. The summed E-state index contributed by atoms with van der Waals surface area (Å²) in [6, 6.07) is 3.70. The summed E-state index contributed by atoms with van der Waals surface area (Å²) in [5, 5.41) is 9.55. The van der Waals surface area contributed by atoms with E-state index in [-0.39, 0.29) is 16.9 Å². The smallest absolute Gasteiger partial charge is 0.283 e. The van der Waals surface area contributed by atoms with Crippen LogP contribution in [0.2, 0.25) is 0 Å². The summed E-state index contributed by atoms with van der Waals surface area (Å²) in [5.74, 6) is 0. The lowest BCUT2D eigenvalue weighted by molar-refractivity contribution is -0.385. The minimum Gasteiger partial charge on any atom is -0.399 e. The van der Waals surface area contributed by atoms with Crippen molar-refractivity contribution in [2.45, 2.75) is 0 Å². The maximum atomic E-state index is 10.7. The molecule has 68 valence electrons. The van der Waals surface area contributed by atoms with Crippen LogP contribution in [-0.2, 0) is 0 Å². The summed E-state index contributed by atoms with van der Waals surface area (Å²) < 4.78 is 0. The second kappa shape index (κ2) is 3.40. The fourth-order valence-electron chi connectivity index (χ4n) is 0.866. The Bertz CT molecular complexity index is 378. The molecule has 1 aromatic rings. The van der Waals surface area contributed by atoms with Crippen LogP contribution in [0.4, 0.5) is 11.4 Å². The van der Waals surface area contributed by atoms with E-state index < -0.39 is 10.2 Å². The van der Waals surface area contributed by atoms with Gasteiger partial charge < -0.3 is 5.73 Å². The van der Waals surface area contributed by atoms with Gasteiger partial charge in [-0.15, -0.1) is 0 Å². The fourth-order valence-corrected chi connectivity index (χ4v) is 1.03. The summed E-state index contributed by atoms with van der Waals surface area (Å²) in [7, 11) is 0. The van der Waals surface area contributed by atoms with Gasteiger partial charge in [0.25, 0.3) is 10.9 Å². The van der Waals surface area contributed by atoms with Crippen LogP contribution >= 0.6 is 11.6 Å². The standard InChI is InChI=1S/C7H5ClN2O3/c8-7(11)5-2-1-4(9)3-6(5)10(12)13/h1-3H,9H2. The monoisotopic (exact) mass is 200 g/mol. The van der Waals surface area contributed by atoms with Crippen LogP contribution in [0.5, 0.6) is 0 Å². The molecule has 0 amide bonds. The number of anilines is 1. The highest BCUT2D eigenvalue weighted by Crippen LogP contribution is 2.22. The Morgan fingerprint density at radius 2 is 2.15 bits per heavy atom. The molecule has 6 heteroatoms. The Hall–Kier alpha value is -1.62. The largest absolute Gasteiger partial charge is 0.399 e. The van der Waals surface area contributed by atoms with Gasteiger partial charge in [-0.3, -0.25) is 14.9 Å². The van der Waals surface area contributed by atoms with Gasteiger partial charge in [-0.1, -0.05) is 0 Å². The number of hydrogen-bond acceptors (Lipinski definition) is 4. The van der Waals surface area contributed by atoms with Crippen molar-refractivity contribution in [2.75, 3.05) is 5.73 Å². The zero-order chi connectivity index (χ0) is 10.0. The molecule has 5 nitrogen and oxygen atoms in total. The van der Waals surface area contributed by atoms with E-state index in [4.69, 9.17) is 17.3 Å². The first-order valence-corrected chi connectivity index (χ1v) is 3.64. The number of rotatable bonds is 2. The summed E-state index contributed by atoms with van der Waals surface area (Å²) in [6.07, 6.45) is 0. The van der Waals surface area contributed by atoms with Crippen LogP contribution in [0.3, 0.4) is 0 Å². The van der Waals surface area contributed by atoms with Crippen molar-refractivity contribution in [3.05, 3.63) is 33.9 Å². The summed E-state index contributed by atoms with van der Waals surface area (Å²) in [6.45, 7) is 0. The molecule has 2 N–H and O–H groups in total. The molecule has 0 aliphatic heterocycles. The third-order valence-corrected chi connectivity index (χ3v) is 1.63. The minimum atomic E-state index is -0.869. The zero-order valence-electron chi connectivity index (χ0n) is 6.36. The highest BCUT2D eigenvalue weighted by Gasteiger charge is 2.18. The van der Waals surface area contributed by atoms with Gasteiger partial charge in [-0.05, 0) is 23.7 Å². The van der Waals surface area contributed by atoms with Crippen molar-refractivity contribution in [1.82, 2.24) is 0 Å². The van der Waals surface area contributed by atoms with E-state index in [9.17, 15) is 14.9 Å². The molecule has 1 rings (SSSR count). The van der Waals surface area contributed by atoms with Crippen LogP contribution < -0.4 is 5.73 Å². The average molecular weight is 201 g/mol. The van der Waals surface area contributed by atoms with E-state index in [0.717, 1.165) is 6.07 Å². The SMILES string of the molecule is Nc1ccc(C(=O)Cl)c([N+](=O)[O-])c1. The molecule has 1 aromatic carbocycles. The first kappa shape index (κ1) is 9.47. The number of nitrogen functional groups attached to an aromatic ring is 1. The summed E-state index contributed by atoms with van der Waals surface area (Å²) in [5.41, 5.74) is 5.00. The number of halogens is 1. The average Bonchev–Trinajstić information content (AvgIpc) is 2.03. The Morgan fingerprint density at radius 1 is 1.54 bits per heavy atom. The van der Waals surface area contributed by atoms with Crippen molar-refractivity contribution < 1.29 is 9.72 Å². The Kier molecular flexibility index (Phi) is 2.48. The topological polar surface area (TPSA) is 86.2 Å². The van der Waals surface area contributed by atoms with Crippen LogP contribution in [0.15, 0.2) is 18.2 Å². The molecule has 0 atom stereocenters. The van der Waals surface area contributed by atoms with Crippen LogP contribution in [0, 0.1) is 10.1 Å². The second-order valence-corrected chi connectivity index (χ2v) is 2.65. The normalized spacial score (nSPS) is 9.62. The third kappa shape index (κ3) is 1.94. The lowest BCUT2D eigenvalue weighted by atomic mass is 10.2. The van der Waals surface area contributed by atoms with Gasteiger partial charge in [0.15, 0.2) is 0 Å². The molecule has 0 saturated heterocycles. The molecule has 0 aliphatic rings. The van der Waals surface area contributed by atoms with E-state index in [1.807, 2.05) is 0 Å². The van der Waals surface area contributed by atoms with Crippen molar-refractivity contribution >= 4 is 28.2 Å². The van der Waals surface area contributed by atoms with E-state index >= 15 is 0 Å². The van der Waals surface area contributed by atoms with Crippen molar-refractivity contribution in [2.24, 2.45) is 0 Å². The van der Waals surface area contributed by atoms with Gasteiger partial charge in [0.2, 0.25) is 0 Å². The molecule has 0 aromatic heterocycles. The second-order valence-electron chi connectivity index (χ2n) is 2.31. The predicted molar refractivity (Wildman–Crippen MR) is 47.7 cm³/mol. The predicted octanol–water partition coefficient (Wildman–Crippen LogP) is 1.56. The molecule has 0 unspecified atom stereocenters. The van der Waals surface area contributed by atoms with Gasteiger partial charge in [0.1, 0.15) is 5.56 Å². The molecule has 0 spiro atoms. The number of nitrogens with zero attached hydrogens (tertiary/aromatic N) is 1. The molecule has 0 fully saturated rings. The van der Waals surface area contributed by atoms with Gasteiger partial charge >= 0.3 is 0 Å². The highest BCUT2D eigenvalue weighted by molar-refractivity contribution is 6.68. The van der Waals surface area contributed by atoms with E-state index in [1.165, 1.54) is 12.1 Å². The molecular formula is C7H5ClN2O3. The molecular weight excluding hydrogens is 196 g/mol. The first-order valence-electron chi connectivity index (χ1n) is 3.26. The molecule has 0 heterocycles. The van der Waals surface area contributed by atoms with E-state index in [2.05, 4.69) is 0 Å². The Labute approximate surface area is 78.3 Å². The zero-order valence-corrected chi connectivity index (χ0v) is 7.12. The number of nitro groups is 1. The Morgan fingerprint density at radius 3 is 2.62 bits per heavy atom. The number of nitro benzene ring substituents is 1. The maximum absolute atomic E-state index is 10.7. The lowest BCUT2D eigenvalue weighted by Crippen LogP contribution is -1.99. The molecule has 0 saturated carbocycles. The van der Waals surface area contributed by atoms with Gasteiger partial charge in [0, 0.05) is 11.8 Å². The van der Waals surface area contributed by atoms with Gasteiger partial charge in [0.05, 0.1) is 4.92 Å². The summed E-state index contributed by atoms with van der Waals surface area (Å²) in [4.78, 5) is 20.4. The minimum absolute atomic E-state index is 0.152. The van der Waals surface area contributed by atoms with E-state index in [1.54, 1.807) is 0 Å². The number of carbonyl (C=O) groups excluding carboxylic acids is 1. The van der Waals surface area contributed by atoms with Gasteiger partial charge in [-0.25, -0.2) is 0 Å². The lowest BCUT2D eigenvalue weighted by Gasteiger charge is -1.98. The number of carbonyl (C=O) groups is 1. The summed E-state index contributed by atoms with van der Waals surface area (Å²) >= 11 is 5.12. The van der Waals surface area contributed by atoms with E-state index in [0.29, 0.717) is 0 Å². The number of benzene rings is 1. The number of hydrogen-bond donors (Lipinski definition) is 1. The molecule has 0 bridgehead atoms. The van der Waals surface area contributed by atoms with Crippen LogP contribution in [-0.4, -0.2) is 10.2 Å². The highest BCUT2D eigenvalue weighted by atomic mass is 35.5. The maximum Gasteiger partial charge on any atom is 0.283 e.